The number of halogens is 15. The Hall–Kier alpha value is -4.04. The molecule has 454 valence electrons. The lowest BCUT2D eigenvalue weighted by Crippen LogP contribution is -2.39. The molecule has 33 heteroatoms. The molecular formula is C44H71F15N6O12. The number of hydrogen-bond donors (Lipinski definition) is 6. The van der Waals surface area contributed by atoms with Crippen molar-refractivity contribution in [1.82, 2.24) is 10.6 Å². The van der Waals surface area contributed by atoms with Crippen LogP contribution in [-0.2, 0) is 52.3 Å². The molecule has 2 rings (SSSR count). The highest BCUT2D eigenvalue weighted by molar-refractivity contribution is 5.90. The lowest BCUT2D eigenvalue weighted by atomic mass is 9.75. The van der Waals surface area contributed by atoms with Crippen molar-refractivity contribution in [2.45, 2.75) is 166 Å². The second-order valence-electron chi connectivity index (χ2n) is 18.6. The molecule has 2 heterocycles. The number of carbonyl (C=O) groups is 4. The Labute approximate surface area is 435 Å². The molecule has 77 heavy (non-hydrogen) atoms. The zero-order valence-electron chi connectivity index (χ0n) is 42.9. The number of alkyl halides is 15. The Morgan fingerprint density at radius 1 is 0.545 bits per heavy atom. The van der Waals surface area contributed by atoms with Gasteiger partial charge in [-0.2, -0.15) is 71.1 Å². The summed E-state index contributed by atoms with van der Waals surface area (Å²) in [6.07, 6.45) is -21.2. The van der Waals surface area contributed by atoms with Gasteiger partial charge in [-0.25, -0.2) is 9.59 Å². The predicted molar refractivity (Wildman–Crippen MR) is 238 cm³/mol. The van der Waals surface area contributed by atoms with Gasteiger partial charge in [-0.1, -0.05) is 0 Å². The molecule has 2 aliphatic rings. The van der Waals surface area contributed by atoms with E-state index >= 15 is 0 Å². The maximum absolute atomic E-state index is 12.8. The van der Waals surface area contributed by atoms with Gasteiger partial charge >= 0.3 is 54.6 Å². The van der Waals surface area contributed by atoms with Gasteiger partial charge in [0.25, 0.3) is 6.26 Å². The van der Waals surface area contributed by atoms with Gasteiger partial charge in [0.15, 0.2) is 11.6 Å². The summed E-state index contributed by atoms with van der Waals surface area (Å²) < 4.78 is 217. The standard InChI is InChI=1S/C22H33F9N2O5.C17H37N3O3.C4F6O3.CHNO/c1-18(2)37-13-15(38-18)12-36-14-19(6-3-9-20(23,24)25,7-4-10-32-16(34)21(26,27)28)8-5-11-33-17(35)22(29,30)31;1-16(2)22-13-15(23-16)12-21-14-17(6-3-9-18,7-4-10-19)8-5-11-20;5-3(6,7)1(11)13-2(12)4(8,9)10;2-1-3/h15H,3-14H2,1-2H3,(H,32,34)(H,33,35);15H,3-14,18-20H2,1-2H3;;3H. The summed E-state index contributed by atoms with van der Waals surface area (Å²) in [5.74, 6) is -12.1. The SMILES string of the molecule is CC1(C)OCC(COCC(CCCN)(CCCN)CCCN)O1.CC1(C)OCC(COCC(CCCNC(=O)C(F)(F)F)(CCCNC(=O)C(F)(F)F)CCCC(F)(F)F)O1.N#CO.O=C(OC(=O)C(F)(F)F)C(F)(F)F. The van der Waals surface area contributed by atoms with Crippen molar-refractivity contribution in [2.75, 3.05) is 72.4 Å². The lowest BCUT2D eigenvalue weighted by molar-refractivity contribution is -0.221. The molecule has 2 unspecified atom stereocenters. The molecule has 2 amide bonds. The number of hydrogen-bond acceptors (Lipinski definition) is 16. The predicted octanol–water partition coefficient (Wildman–Crippen LogP) is 7.17. The summed E-state index contributed by atoms with van der Waals surface area (Å²) in [5.41, 5.74) is 16.2. The fourth-order valence-corrected chi connectivity index (χ4v) is 7.51. The molecule has 0 aliphatic carbocycles. The molecule has 0 saturated carbocycles. The van der Waals surface area contributed by atoms with E-state index in [1.165, 1.54) is 0 Å². The van der Waals surface area contributed by atoms with Gasteiger partial charge in [-0.3, -0.25) is 9.59 Å². The average molecular weight is 1160 g/mol. The first-order valence-electron chi connectivity index (χ1n) is 23.8. The van der Waals surface area contributed by atoms with Crippen molar-refractivity contribution >= 4 is 23.8 Å². The second kappa shape index (κ2) is 34.9. The Kier molecular flexibility index (Phi) is 34.0. The van der Waals surface area contributed by atoms with Gasteiger partial charge in [0.1, 0.15) is 12.2 Å². The van der Waals surface area contributed by atoms with E-state index in [0.717, 1.165) is 44.8 Å². The van der Waals surface area contributed by atoms with E-state index < -0.39 is 97.2 Å². The normalized spacial score (nSPS) is 17.6. The van der Waals surface area contributed by atoms with Crippen molar-refractivity contribution in [3.63, 3.8) is 0 Å². The van der Waals surface area contributed by atoms with Crippen LogP contribution in [0.5, 0.6) is 0 Å². The summed E-state index contributed by atoms with van der Waals surface area (Å²) in [7, 11) is 0. The molecule has 2 saturated heterocycles. The Morgan fingerprint density at radius 3 is 1.09 bits per heavy atom. The maximum atomic E-state index is 12.8. The summed E-state index contributed by atoms with van der Waals surface area (Å²) in [4.78, 5) is 41.4. The Balaban J connectivity index is 0. The van der Waals surface area contributed by atoms with Crippen LogP contribution in [0.25, 0.3) is 0 Å². The quantitative estimate of drug-likeness (QED) is 0.0149. The van der Waals surface area contributed by atoms with Crippen molar-refractivity contribution in [2.24, 2.45) is 28.0 Å². The number of esters is 2. The third-order valence-electron chi connectivity index (χ3n) is 11.0. The number of ether oxygens (including phenoxy) is 7. The minimum atomic E-state index is -5.62. The van der Waals surface area contributed by atoms with Crippen LogP contribution >= 0.6 is 0 Å². The molecule has 0 aromatic carbocycles. The van der Waals surface area contributed by atoms with Crippen LogP contribution in [0, 0.1) is 22.3 Å². The third-order valence-corrected chi connectivity index (χ3v) is 11.0. The second-order valence-corrected chi connectivity index (χ2v) is 18.6. The smallest absolute Gasteiger partial charge is 0.443 e. The molecule has 0 aromatic rings. The van der Waals surface area contributed by atoms with Crippen LogP contribution in [0.15, 0.2) is 0 Å². The van der Waals surface area contributed by atoms with Crippen LogP contribution in [0.1, 0.15) is 111 Å². The van der Waals surface area contributed by atoms with Gasteiger partial charge in [-0.05, 0) is 135 Å². The molecule has 2 aliphatic heterocycles. The van der Waals surface area contributed by atoms with Gasteiger partial charge in [0, 0.05) is 19.5 Å². The highest BCUT2D eigenvalue weighted by atomic mass is 19.4. The minimum absolute atomic E-state index is 0.00370. The fraction of sp³-hybridized carbons (Fsp3) is 0.886. The monoisotopic (exact) mass is 1160 g/mol. The largest absolute Gasteiger partial charge is 0.491 e. The third kappa shape index (κ3) is 36.0. The van der Waals surface area contributed by atoms with E-state index in [4.69, 9.17) is 56.0 Å². The highest BCUT2D eigenvalue weighted by Crippen LogP contribution is 2.39. The summed E-state index contributed by atoms with van der Waals surface area (Å²) in [6, 6.07) is 0. The van der Waals surface area contributed by atoms with Crippen molar-refractivity contribution in [3.8, 4) is 6.26 Å². The van der Waals surface area contributed by atoms with E-state index in [1.807, 2.05) is 13.8 Å². The Morgan fingerprint density at radius 2 is 0.844 bits per heavy atom. The first-order valence-corrected chi connectivity index (χ1v) is 23.8. The van der Waals surface area contributed by atoms with Gasteiger partial charge in [-0.15, -0.1) is 0 Å². The maximum Gasteiger partial charge on any atom is 0.491 e. The number of carbonyl (C=O) groups excluding carboxylic acids is 4. The minimum Gasteiger partial charge on any atom is -0.443 e. The average Bonchev–Trinajstić information content (AvgIpc) is 3.83. The van der Waals surface area contributed by atoms with Crippen LogP contribution < -0.4 is 27.8 Å². The van der Waals surface area contributed by atoms with Gasteiger partial charge in [0.2, 0.25) is 0 Å². The van der Waals surface area contributed by atoms with Crippen LogP contribution in [0.3, 0.4) is 0 Å². The lowest BCUT2D eigenvalue weighted by Gasteiger charge is -2.35. The number of amides is 2. The van der Waals surface area contributed by atoms with E-state index in [1.54, 1.807) is 24.5 Å². The number of nitriles is 1. The summed E-state index contributed by atoms with van der Waals surface area (Å²) >= 11 is 0. The summed E-state index contributed by atoms with van der Waals surface area (Å²) in [6.45, 7) is 10.3. The molecular weight excluding hydrogens is 1090 g/mol. The van der Waals surface area contributed by atoms with Crippen molar-refractivity contribution in [3.05, 3.63) is 0 Å². The molecule has 0 aromatic heterocycles. The van der Waals surface area contributed by atoms with Crippen LogP contribution in [-0.4, -0.2) is 156 Å². The van der Waals surface area contributed by atoms with Crippen molar-refractivity contribution < 1.29 is 123 Å². The number of nitrogens with two attached hydrogens (primary N) is 3. The molecule has 18 nitrogen and oxygen atoms in total. The first-order chi connectivity index (χ1) is 35.2. The van der Waals surface area contributed by atoms with Gasteiger partial charge in [0.05, 0.1) is 39.6 Å². The molecule has 0 radical (unpaired) electrons. The van der Waals surface area contributed by atoms with E-state index in [9.17, 15) is 85.0 Å². The van der Waals surface area contributed by atoms with Gasteiger partial charge < -0.3 is 66.1 Å². The molecule has 2 atom stereocenters. The number of nitrogens with zero attached hydrogens (tertiary/aromatic N) is 1. The van der Waals surface area contributed by atoms with E-state index in [-0.39, 0.29) is 69.9 Å². The zero-order chi connectivity index (χ0) is 60.0. The molecule has 0 bridgehead atoms. The van der Waals surface area contributed by atoms with E-state index in [2.05, 4.69) is 4.74 Å². The molecule has 2 fully saturated rings. The number of aliphatic hydroxyl groups excluding tert-OH is 1. The zero-order valence-corrected chi connectivity index (χ0v) is 42.9. The first kappa shape index (κ1) is 75.0. The fourth-order valence-electron chi connectivity index (χ4n) is 7.51. The number of nitrogens with one attached hydrogen (secondary N) is 2. The summed E-state index contributed by atoms with van der Waals surface area (Å²) in [5, 5.41) is 17.1. The molecule has 0 spiro atoms. The van der Waals surface area contributed by atoms with Crippen LogP contribution in [0.4, 0.5) is 65.9 Å². The Bertz CT molecular complexity index is 1670. The highest BCUT2D eigenvalue weighted by Gasteiger charge is 2.49. The number of aliphatic hydroxyl groups is 1. The molecule has 9 N–H and O–H groups in total. The van der Waals surface area contributed by atoms with E-state index in [0.29, 0.717) is 39.5 Å². The number of rotatable bonds is 28. The van der Waals surface area contributed by atoms with Crippen molar-refractivity contribution in [1.29, 1.82) is 5.26 Å². The topological polar surface area (TPSA) is 279 Å². The van der Waals surface area contributed by atoms with Crippen LogP contribution in [0.2, 0.25) is 0 Å².